The monoisotopic (exact) mass is 241 g/mol. The van der Waals surface area contributed by atoms with Crippen molar-refractivity contribution in [1.82, 2.24) is 4.90 Å². The highest BCUT2D eigenvalue weighted by Crippen LogP contribution is 2.43. The second-order valence-electron chi connectivity index (χ2n) is 6.25. The Morgan fingerprint density at radius 2 is 2.00 bits per heavy atom. The molecule has 2 atom stereocenters. The predicted molar refractivity (Wildman–Crippen MR) is 64.8 cm³/mol. The molecule has 4 nitrogen and oxygen atoms in total. The minimum Gasteiger partial charge on any atom is -0.444 e. The van der Waals surface area contributed by atoms with Crippen molar-refractivity contribution >= 4 is 6.09 Å². The number of carbonyl (C=O) groups excluding carboxylic acids is 1. The quantitative estimate of drug-likeness (QED) is 0.708. The number of likely N-dealkylation sites (tertiary alicyclic amines) is 1. The molecule has 0 radical (unpaired) electrons. The van der Waals surface area contributed by atoms with Gasteiger partial charge in [-0.25, -0.2) is 4.79 Å². The summed E-state index contributed by atoms with van der Waals surface area (Å²) in [5.41, 5.74) is -0.799. The Morgan fingerprint density at radius 3 is 2.53 bits per heavy atom. The van der Waals surface area contributed by atoms with Crippen LogP contribution in [-0.2, 0) is 4.74 Å². The molecule has 1 aliphatic heterocycles. The zero-order valence-corrected chi connectivity index (χ0v) is 11.0. The maximum Gasteiger partial charge on any atom is 0.410 e. The van der Waals surface area contributed by atoms with Crippen molar-refractivity contribution in [2.45, 2.75) is 70.1 Å². The van der Waals surface area contributed by atoms with Crippen LogP contribution in [0.4, 0.5) is 4.79 Å². The van der Waals surface area contributed by atoms with Gasteiger partial charge in [-0.2, -0.15) is 0 Å². The fourth-order valence-corrected chi connectivity index (χ4v) is 3.13. The summed E-state index contributed by atoms with van der Waals surface area (Å²) < 4.78 is 5.43. The van der Waals surface area contributed by atoms with Crippen LogP contribution in [0.15, 0.2) is 0 Å². The van der Waals surface area contributed by atoms with Gasteiger partial charge in [0.2, 0.25) is 0 Å². The van der Waals surface area contributed by atoms with E-state index in [-0.39, 0.29) is 17.7 Å². The van der Waals surface area contributed by atoms with Crippen molar-refractivity contribution in [2.24, 2.45) is 0 Å². The lowest BCUT2D eigenvalue weighted by Gasteiger charge is -2.38. The van der Waals surface area contributed by atoms with Crippen LogP contribution in [0, 0.1) is 0 Å². The van der Waals surface area contributed by atoms with Crippen molar-refractivity contribution < 1.29 is 14.6 Å². The molecule has 17 heavy (non-hydrogen) atoms. The Bertz CT molecular complexity index is 306. The van der Waals surface area contributed by atoms with Crippen LogP contribution in [0.5, 0.6) is 0 Å². The van der Waals surface area contributed by atoms with E-state index in [2.05, 4.69) is 0 Å². The average Bonchev–Trinajstić information content (AvgIpc) is 2.74. The average molecular weight is 241 g/mol. The molecule has 1 amide bonds. The van der Waals surface area contributed by atoms with Crippen LogP contribution in [0.2, 0.25) is 0 Å². The van der Waals surface area contributed by atoms with Gasteiger partial charge in [-0.1, -0.05) is 0 Å². The van der Waals surface area contributed by atoms with Crippen LogP contribution in [-0.4, -0.2) is 39.9 Å². The fraction of sp³-hybridized carbons (Fsp3) is 0.923. The summed E-state index contributed by atoms with van der Waals surface area (Å²) in [5.74, 6) is 0. The highest BCUT2D eigenvalue weighted by Gasteiger charge is 2.52. The minimum absolute atomic E-state index is 0.268. The fourth-order valence-electron chi connectivity index (χ4n) is 3.13. The van der Waals surface area contributed by atoms with E-state index in [4.69, 9.17) is 4.74 Å². The number of nitrogens with zero attached hydrogens (tertiary/aromatic N) is 1. The smallest absolute Gasteiger partial charge is 0.410 e. The van der Waals surface area contributed by atoms with Gasteiger partial charge in [0.05, 0.1) is 11.6 Å². The predicted octanol–water partition coefficient (Wildman–Crippen LogP) is 2.30. The lowest BCUT2D eigenvalue weighted by Crippen LogP contribution is -2.53. The molecule has 1 N–H and O–H groups in total. The molecule has 0 aromatic heterocycles. The summed E-state index contributed by atoms with van der Waals surface area (Å²) in [5, 5.41) is 10.1. The zero-order valence-electron chi connectivity index (χ0n) is 11.0. The number of hydrogen-bond acceptors (Lipinski definition) is 3. The first-order valence-electron chi connectivity index (χ1n) is 6.54. The van der Waals surface area contributed by atoms with Crippen molar-refractivity contribution in [2.75, 3.05) is 6.54 Å². The normalized spacial score (nSPS) is 33.4. The Balaban J connectivity index is 2.12. The van der Waals surface area contributed by atoms with Crippen molar-refractivity contribution in [3.8, 4) is 0 Å². The molecule has 1 saturated carbocycles. The summed E-state index contributed by atoms with van der Waals surface area (Å²) in [6.45, 7) is 6.34. The van der Waals surface area contributed by atoms with Gasteiger partial charge >= 0.3 is 6.09 Å². The highest BCUT2D eigenvalue weighted by atomic mass is 16.6. The number of hydrogen-bond donors (Lipinski definition) is 1. The van der Waals surface area contributed by atoms with E-state index >= 15 is 0 Å². The van der Waals surface area contributed by atoms with Crippen molar-refractivity contribution in [1.29, 1.82) is 0 Å². The van der Waals surface area contributed by atoms with E-state index in [1.807, 2.05) is 20.8 Å². The van der Waals surface area contributed by atoms with Crippen LogP contribution in [0.1, 0.15) is 52.9 Å². The summed E-state index contributed by atoms with van der Waals surface area (Å²) in [6, 6.07) is 0. The summed E-state index contributed by atoms with van der Waals surface area (Å²) in [6.07, 6.45) is 3.95. The molecule has 1 spiro atoms. The Kier molecular flexibility index (Phi) is 3.10. The molecule has 0 bridgehead atoms. The lowest BCUT2D eigenvalue weighted by molar-refractivity contribution is -0.0205. The molecule has 1 saturated heterocycles. The first-order valence-corrected chi connectivity index (χ1v) is 6.54. The van der Waals surface area contributed by atoms with Gasteiger partial charge in [0.15, 0.2) is 0 Å². The third-order valence-corrected chi connectivity index (χ3v) is 3.85. The maximum atomic E-state index is 12.2. The third kappa shape index (κ3) is 2.28. The number of aliphatic hydroxyl groups excluding tert-OH is 1. The van der Waals surface area contributed by atoms with Gasteiger partial charge in [-0.3, -0.25) is 4.90 Å². The molecule has 1 heterocycles. The molecular weight excluding hydrogens is 218 g/mol. The SMILES string of the molecule is CC(C)(C)OC(=O)N1CCCC12CCCC2O. The van der Waals surface area contributed by atoms with Crippen molar-refractivity contribution in [3.63, 3.8) is 0 Å². The molecule has 0 aromatic carbocycles. The highest BCUT2D eigenvalue weighted by molar-refractivity contribution is 5.70. The van der Waals surface area contributed by atoms with E-state index < -0.39 is 5.60 Å². The minimum atomic E-state index is -0.468. The van der Waals surface area contributed by atoms with Gasteiger partial charge in [0, 0.05) is 6.54 Å². The van der Waals surface area contributed by atoms with Gasteiger partial charge in [-0.05, 0) is 52.9 Å². The summed E-state index contributed by atoms with van der Waals surface area (Å²) in [4.78, 5) is 13.9. The van der Waals surface area contributed by atoms with Gasteiger partial charge in [-0.15, -0.1) is 0 Å². The zero-order chi connectivity index (χ0) is 12.7. The van der Waals surface area contributed by atoms with Crippen LogP contribution >= 0.6 is 0 Å². The molecule has 2 rings (SSSR count). The van der Waals surface area contributed by atoms with Gasteiger partial charge in [0.25, 0.3) is 0 Å². The van der Waals surface area contributed by atoms with Gasteiger partial charge in [0.1, 0.15) is 5.60 Å². The number of carbonyl (C=O) groups is 1. The Morgan fingerprint density at radius 1 is 1.35 bits per heavy atom. The standard InChI is InChI=1S/C13H23NO3/c1-12(2,3)17-11(16)14-9-5-8-13(14)7-4-6-10(13)15/h10,15H,4-9H2,1-3H3. The number of rotatable bonds is 0. The molecule has 0 aromatic rings. The van der Waals surface area contributed by atoms with Crippen LogP contribution in [0.3, 0.4) is 0 Å². The number of amides is 1. The first kappa shape index (κ1) is 12.7. The second-order valence-corrected chi connectivity index (χ2v) is 6.25. The van der Waals surface area contributed by atoms with E-state index in [0.29, 0.717) is 6.54 Å². The maximum absolute atomic E-state index is 12.2. The van der Waals surface area contributed by atoms with Crippen LogP contribution < -0.4 is 0 Å². The molecule has 2 fully saturated rings. The number of ether oxygens (including phenoxy) is 1. The first-order chi connectivity index (χ1) is 7.85. The van der Waals surface area contributed by atoms with E-state index in [1.165, 1.54) is 0 Å². The number of aliphatic hydroxyl groups is 1. The summed E-state index contributed by atoms with van der Waals surface area (Å²) >= 11 is 0. The molecular formula is C13H23NO3. The molecule has 2 aliphatic rings. The van der Waals surface area contributed by atoms with Crippen LogP contribution in [0.25, 0.3) is 0 Å². The molecule has 2 unspecified atom stereocenters. The molecule has 4 heteroatoms. The summed E-state index contributed by atoms with van der Waals surface area (Å²) in [7, 11) is 0. The Labute approximate surface area is 103 Å². The topological polar surface area (TPSA) is 49.8 Å². The Hall–Kier alpha value is -0.770. The van der Waals surface area contributed by atoms with E-state index in [1.54, 1.807) is 4.90 Å². The van der Waals surface area contributed by atoms with Gasteiger partial charge < -0.3 is 9.84 Å². The third-order valence-electron chi connectivity index (χ3n) is 3.85. The van der Waals surface area contributed by atoms with E-state index in [0.717, 1.165) is 32.1 Å². The van der Waals surface area contributed by atoms with E-state index in [9.17, 15) is 9.90 Å². The lowest BCUT2D eigenvalue weighted by atomic mass is 9.92. The largest absolute Gasteiger partial charge is 0.444 e. The molecule has 98 valence electrons. The molecule has 1 aliphatic carbocycles. The van der Waals surface area contributed by atoms with Crippen molar-refractivity contribution in [3.05, 3.63) is 0 Å². The second kappa shape index (κ2) is 4.16.